The summed E-state index contributed by atoms with van der Waals surface area (Å²) in [7, 11) is 0. The Morgan fingerprint density at radius 2 is 1.93 bits per heavy atom. The van der Waals surface area contributed by atoms with Crippen molar-refractivity contribution in [2.75, 3.05) is 0 Å². The highest BCUT2D eigenvalue weighted by Gasteiger charge is 2.35. The smallest absolute Gasteiger partial charge is 0.314 e. The average Bonchev–Trinajstić information content (AvgIpc) is 2.15. The Bertz CT molecular complexity index is 403. The number of terminal acetylenes is 1. The standard InChI is InChI=1S/C10H7F4N/c1-2-8(15)6-4-3-5-7(9(6)11)10(12,13)14/h1,3-5,8H,15H2. The molecular weight excluding hydrogens is 210 g/mol. The predicted molar refractivity (Wildman–Crippen MR) is 47.2 cm³/mol. The van der Waals surface area contributed by atoms with Gasteiger partial charge in [0.15, 0.2) is 0 Å². The van der Waals surface area contributed by atoms with Crippen LogP contribution in [0.15, 0.2) is 18.2 Å². The minimum atomic E-state index is -4.74. The third-order valence-corrected chi connectivity index (χ3v) is 1.85. The van der Waals surface area contributed by atoms with E-state index in [1.807, 2.05) is 5.92 Å². The van der Waals surface area contributed by atoms with Crippen molar-refractivity contribution in [1.29, 1.82) is 0 Å². The van der Waals surface area contributed by atoms with Crippen molar-refractivity contribution in [2.24, 2.45) is 5.73 Å². The molecule has 0 saturated heterocycles. The summed E-state index contributed by atoms with van der Waals surface area (Å²) in [6.45, 7) is 0. The Hall–Kier alpha value is -1.54. The number of hydrogen-bond acceptors (Lipinski definition) is 1. The van der Waals surface area contributed by atoms with Crippen LogP contribution < -0.4 is 5.73 Å². The van der Waals surface area contributed by atoms with E-state index >= 15 is 0 Å². The van der Waals surface area contributed by atoms with Gasteiger partial charge in [-0.1, -0.05) is 18.1 Å². The van der Waals surface area contributed by atoms with E-state index in [4.69, 9.17) is 12.2 Å². The molecule has 1 aromatic carbocycles. The van der Waals surface area contributed by atoms with Gasteiger partial charge in [0.2, 0.25) is 0 Å². The van der Waals surface area contributed by atoms with Crippen molar-refractivity contribution < 1.29 is 17.6 Å². The van der Waals surface area contributed by atoms with Crippen molar-refractivity contribution in [2.45, 2.75) is 12.2 Å². The van der Waals surface area contributed by atoms with Gasteiger partial charge in [-0.05, 0) is 6.07 Å². The third kappa shape index (κ3) is 2.28. The summed E-state index contributed by atoms with van der Waals surface area (Å²) in [4.78, 5) is 0. The molecule has 15 heavy (non-hydrogen) atoms. The highest BCUT2D eigenvalue weighted by atomic mass is 19.4. The van der Waals surface area contributed by atoms with Crippen LogP contribution in [-0.2, 0) is 6.18 Å². The van der Waals surface area contributed by atoms with Crippen LogP contribution in [0.3, 0.4) is 0 Å². The van der Waals surface area contributed by atoms with Gasteiger partial charge < -0.3 is 5.73 Å². The fourth-order valence-corrected chi connectivity index (χ4v) is 1.10. The minimum Gasteiger partial charge on any atom is -0.314 e. The Morgan fingerprint density at radius 3 is 2.40 bits per heavy atom. The maximum Gasteiger partial charge on any atom is 0.419 e. The van der Waals surface area contributed by atoms with E-state index in [9.17, 15) is 17.6 Å². The molecule has 0 aliphatic rings. The molecule has 0 bridgehead atoms. The van der Waals surface area contributed by atoms with E-state index in [1.165, 1.54) is 0 Å². The van der Waals surface area contributed by atoms with Crippen LogP contribution in [0.5, 0.6) is 0 Å². The summed E-state index contributed by atoms with van der Waals surface area (Å²) in [5, 5.41) is 0. The first-order valence-electron chi connectivity index (χ1n) is 3.95. The van der Waals surface area contributed by atoms with E-state index in [1.54, 1.807) is 0 Å². The van der Waals surface area contributed by atoms with E-state index < -0.39 is 23.6 Å². The molecule has 1 nitrogen and oxygen atoms in total. The number of benzene rings is 1. The Labute approximate surface area is 83.9 Å². The summed E-state index contributed by atoms with van der Waals surface area (Å²) in [5.74, 6) is 0.564. The zero-order valence-corrected chi connectivity index (χ0v) is 7.48. The molecule has 80 valence electrons. The van der Waals surface area contributed by atoms with Crippen LogP contribution in [0.4, 0.5) is 17.6 Å². The van der Waals surface area contributed by atoms with Gasteiger partial charge in [-0.15, -0.1) is 6.42 Å². The van der Waals surface area contributed by atoms with Crippen LogP contribution in [-0.4, -0.2) is 0 Å². The summed E-state index contributed by atoms with van der Waals surface area (Å²) < 4.78 is 50.1. The van der Waals surface area contributed by atoms with Gasteiger partial charge in [0, 0.05) is 5.56 Å². The highest BCUT2D eigenvalue weighted by molar-refractivity contribution is 5.33. The molecule has 1 aromatic rings. The molecule has 2 N–H and O–H groups in total. The van der Waals surface area contributed by atoms with Gasteiger partial charge in [-0.3, -0.25) is 0 Å². The van der Waals surface area contributed by atoms with E-state index in [-0.39, 0.29) is 5.56 Å². The van der Waals surface area contributed by atoms with Crippen molar-refractivity contribution in [3.05, 3.63) is 35.1 Å². The fraction of sp³-hybridized carbons (Fsp3) is 0.200. The first-order valence-corrected chi connectivity index (χ1v) is 3.95. The van der Waals surface area contributed by atoms with Gasteiger partial charge in [0.25, 0.3) is 0 Å². The molecule has 1 atom stereocenters. The lowest BCUT2D eigenvalue weighted by Gasteiger charge is -2.12. The number of hydrogen-bond donors (Lipinski definition) is 1. The van der Waals surface area contributed by atoms with Gasteiger partial charge in [-0.2, -0.15) is 13.2 Å². The predicted octanol–water partition coefficient (Wildman–Crippen LogP) is 2.48. The zero-order valence-electron chi connectivity index (χ0n) is 7.48. The molecular formula is C10H7F4N. The summed E-state index contributed by atoms with van der Waals surface area (Å²) in [6.07, 6.45) is 0.168. The van der Waals surface area contributed by atoms with Gasteiger partial charge in [0.1, 0.15) is 5.82 Å². The second kappa shape index (κ2) is 3.91. The van der Waals surface area contributed by atoms with Gasteiger partial charge in [-0.25, -0.2) is 4.39 Å². The second-order valence-corrected chi connectivity index (χ2v) is 2.85. The maximum atomic E-state index is 13.3. The van der Waals surface area contributed by atoms with Crippen LogP contribution in [0.1, 0.15) is 17.2 Å². The van der Waals surface area contributed by atoms with E-state index in [0.717, 1.165) is 12.1 Å². The van der Waals surface area contributed by atoms with Crippen molar-refractivity contribution in [3.8, 4) is 12.3 Å². The maximum absolute atomic E-state index is 13.3. The van der Waals surface area contributed by atoms with Crippen molar-refractivity contribution >= 4 is 0 Å². The highest BCUT2D eigenvalue weighted by Crippen LogP contribution is 2.33. The van der Waals surface area contributed by atoms with Gasteiger partial charge >= 0.3 is 6.18 Å². The molecule has 1 unspecified atom stereocenters. The largest absolute Gasteiger partial charge is 0.419 e. The summed E-state index contributed by atoms with van der Waals surface area (Å²) >= 11 is 0. The Balaban J connectivity index is 3.31. The lowest BCUT2D eigenvalue weighted by Crippen LogP contribution is -2.15. The average molecular weight is 217 g/mol. The van der Waals surface area contributed by atoms with Crippen LogP contribution >= 0.6 is 0 Å². The zero-order chi connectivity index (χ0) is 11.6. The number of nitrogens with two attached hydrogens (primary N) is 1. The molecule has 0 fully saturated rings. The lowest BCUT2D eigenvalue weighted by atomic mass is 10.0. The monoisotopic (exact) mass is 217 g/mol. The SMILES string of the molecule is C#CC(N)c1cccc(C(F)(F)F)c1F. The van der Waals surface area contributed by atoms with Gasteiger partial charge in [0.05, 0.1) is 11.6 Å². The van der Waals surface area contributed by atoms with Crippen LogP contribution in [0, 0.1) is 18.2 Å². The molecule has 0 amide bonds. The van der Waals surface area contributed by atoms with E-state index in [2.05, 4.69) is 0 Å². The molecule has 5 heteroatoms. The lowest BCUT2D eigenvalue weighted by molar-refractivity contribution is -0.140. The topological polar surface area (TPSA) is 26.0 Å². The molecule has 1 rings (SSSR count). The van der Waals surface area contributed by atoms with Crippen molar-refractivity contribution in [1.82, 2.24) is 0 Å². The first-order chi connectivity index (χ1) is 6.88. The van der Waals surface area contributed by atoms with Crippen molar-refractivity contribution in [3.63, 3.8) is 0 Å². The Morgan fingerprint density at radius 1 is 1.33 bits per heavy atom. The number of alkyl halides is 3. The van der Waals surface area contributed by atoms with Crippen LogP contribution in [0.25, 0.3) is 0 Å². The molecule has 0 heterocycles. The first kappa shape index (κ1) is 11.5. The summed E-state index contributed by atoms with van der Waals surface area (Å²) in [6, 6.07) is 1.67. The molecule has 0 aromatic heterocycles. The molecule has 0 radical (unpaired) electrons. The third-order valence-electron chi connectivity index (χ3n) is 1.85. The number of rotatable bonds is 1. The summed E-state index contributed by atoms with van der Waals surface area (Å²) in [5.41, 5.74) is 3.58. The molecule has 0 saturated carbocycles. The number of halogens is 4. The minimum absolute atomic E-state index is 0.327. The molecule has 0 aliphatic heterocycles. The Kier molecular flexibility index (Phi) is 3.01. The normalized spacial score (nSPS) is 13.3. The van der Waals surface area contributed by atoms with E-state index in [0.29, 0.717) is 6.07 Å². The fourth-order valence-electron chi connectivity index (χ4n) is 1.10. The van der Waals surface area contributed by atoms with Crippen LogP contribution in [0.2, 0.25) is 0 Å². The molecule has 0 aliphatic carbocycles. The molecule has 0 spiro atoms. The second-order valence-electron chi connectivity index (χ2n) is 2.85. The quantitative estimate of drug-likeness (QED) is 0.567.